The van der Waals surface area contributed by atoms with Crippen molar-refractivity contribution in [2.24, 2.45) is 5.41 Å². The smallest absolute Gasteiger partial charge is 0.496 e. The van der Waals surface area contributed by atoms with E-state index in [2.05, 4.69) is 4.18 Å². The quantitative estimate of drug-likeness (QED) is 0.376. The number of ether oxygens (including phenoxy) is 3. The summed E-state index contributed by atoms with van der Waals surface area (Å²) in [6, 6.07) is 9.22. The van der Waals surface area contributed by atoms with Gasteiger partial charge < -0.3 is 23.3 Å². The highest BCUT2D eigenvalue weighted by Gasteiger charge is 2.51. The van der Waals surface area contributed by atoms with Crippen LogP contribution >= 0.6 is 0 Å². The molecule has 0 radical (unpaired) electrons. The Kier molecular flexibility index (Phi) is 7.61. The normalized spacial score (nSPS) is 21.6. The first kappa shape index (κ1) is 27.1. The predicted octanol–water partition coefficient (Wildman–Crippen LogP) is 4.80. The van der Waals surface area contributed by atoms with Gasteiger partial charge in [-0.25, -0.2) is 4.79 Å². The average Bonchev–Trinajstić information content (AvgIpc) is 2.86. The van der Waals surface area contributed by atoms with E-state index in [1.165, 1.54) is 25.2 Å². The summed E-state index contributed by atoms with van der Waals surface area (Å²) < 4.78 is 84.4. The van der Waals surface area contributed by atoms with Crippen molar-refractivity contribution in [2.75, 3.05) is 27.3 Å². The maximum absolute atomic E-state index is 13.2. The summed E-state index contributed by atoms with van der Waals surface area (Å²) in [6.45, 7) is 0.689. The lowest BCUT2D eigenvalue weighted by Crippen LogP contribution is -2.44. The molecule has 1 saturated heterocycles. The van der Waals surface area contributed by atoms with Crippen molar-refractivity contribution in [2.45, 2.75) is 43.9 Å². The van der Waals surface area contributed by atoms with Crippen molar-refractivity contribution in [3.05, 3.63) is 70.7 Å². The zero-order valence-corrected chi connectivity index (χ0v) is 21.2. The van der Waals surface area contributed by atoms with Gasteiger partial charge in [0.1, 0.15) is 18.1 Å². The van der Waals surface area contributed by atoms with Crippen molar-refractivity contribution >= 4 is 16.2 Å². The summed E-state index contributed by atoms with van der Waals surface area (Å²) in [5.74, 6) is -0.227. The molecule has 1 unspecified atom stereocenters. The fourth-order valence-electron chi connectivity index (χ4n) is 4.93. The summed E-state index contributed by atoms with van der Waals surface area (Å²) in [4.78, 5) is 14.1. The highest BCUT2D eigenvalue weighted by Crippen LogP contribution is 2.50. The minimum Gasteiger partial charge on any atom is -0.496 e. The van der Waals surface area contributed by atoms with Crippen LogP contribution in [0.2, 0.25) is 0 Å². The Morgan fingerprint density at radius 2 is 1.78 bits per heavy atom. The van der Waals surface area contributed by atoms with Crippen molar-refractivity contribution < 1.29 is 44.8 Å². The molecule has 1 heterocycles. The molecule has 1 aromatic carbocycles. The van der Waals surface area contributed by atoms with Crippen molar-refractivity contribution in [3.8, 4) is 0 Å². The van der Waals surface area contributed by atoms with Gasteiger partial charge in [0.05, 0.1) is 18.8 Å². The largest absolute Gasteiger partial charge is 0.534 e. The summed E-state index contributed by atoms with van der Waals surface area (Å²) in [5, 5.41) is 0. The number of hydrogen-bond donors (Lipinski definition) is 0. The molecule has 4 rings (SSSR count). The molecule has 0 bridgehead atoms. The van der Waals surface area contributed by atoms with Crippen LogP contribution in [0.25, 0.3) is 0 Å². The highest BCUT2D eigenvalue weighted by atomic mass is 32.2. The summed E-state index contributed by atoms with van der Waals surface area (Å²) >= 11 is 0. The molecule has 1 aromatic rings. The van der Waals surface area contributed by atoms with Gasteiger partial charge in [-0.1, -0.05) is 35.9 Å². The number of carbonyl (C=O) groups is 1. The standard InChI is InChI=1S/C25H28F3NO7S/c1-33-19-12-18-14-24(8-10-29(11-9-24)23(30)35-16-17-6-4-3-5-7-17)15-21(22(18)20(13-19)34-2)36-37(31,32)25(26,27)28/h3-7,13,15,19H,8-12,14,16H2,1-2H3. The number of benzene rings is 1. The van der Waals surface area contributed by atoms with E-state index in [1.807, 2.05) is 30.3 Å². The third kappa shape index (κ3) is 5.80. The van der Waals surface area contributed by atoms with Crippen molar-refractivity contribution in [1.82, 2.24) is 4.90 Å². The van der Waals surface area contributed by atoms with Crippen LogP contribution < -0.4 is 0 Å². The molecule has 0 N–H and O–H groups in total. The topological polar surface area (TPSA) is 91.4 Å². The van der Waals surface area contributed by atoms with Crippen LogP contribution in [0.5, 0.6) is 0 Å². The lowest BCUT2D eigenvalue weighted by Gasteiger charge is -2.44. The maximum atomic E-state index is 13.2. The SMILES string of the molecule is COC1=CC(OC)CC2=C1C(OS(=O)(=O)C(F)(F)F)=CC1(CCN(C(=O)OCc3ccccc3)CC1)C2. The van der Waals surface area contributed by atoms with Gasteiger partial charge in [0.25, 0.3) is 0 Å². The number of methoxy groups -OCH3 is 2. The minimum atomic E-state index is -5.91. The van der Waals surface area contributed by atoms with Crippen LogP contribution in [-0.2, 0) is 35.1 Å². The molecule has 1 amide bonds. The van der Waals surface area contributed by atoms with Crippen LogP contribution in [0.3, 0.4) is 0 Å². The number of halogens is 3. The Morgan fingerprint density at radius 1 is 1.11 bits per heavy atom. The molecular formula is C25H28F3NO7S. The van der Waals surface area contributed by atoms with Gasteiger partial charge in [-0.2, -0.15) is 21.6 Å². The van der Waals surface area contributed by atoms with E-state index in [9.17, 15) is 26.4 Å². The van der Waals surface area contributed by atoms with Gasteiger partial charge in [0, 0.05) is 20.2 Å². The average molecular weight is 544 g/mol. The zero-order chi connectivity index (χ0) is 26.8. The van der Waals surface area contributed by atoms with Crippen LogP contribution in [0.15, 0.2) is 65.1 Å². The van der Waals surface area contributed by atoms with E-state index in [0.717, 1.165) is 5.56 Å². The van der Waals surface area contributed by atoms with Crippen molar-refractivity contribution in [1.29, 1.82) is 0 Å². The number of nitrogens with zero attached hydrogens (tertiary/aromatic N) is 1. The highest BCUT2D eigenvalue weighted by molar-refractivity contribution is 7.87. The van der Waals surface area contributed by atoms with Gasteiger partial charge in [0.2, 0.25) is 0 Å². The molecule has 1 spiro atoms. The second-order valence-corrected chi connectivity index (χ2v) is 10.8. The Bertz CT molecular complexity index is 1210. The Morgan fingerprint density at radius 3 is 2.38 bits per heavy atom. The molecule has 202 valence electrons. The Hall–Kier alpha value is -2.99. The monoisotopic (exact) mass is 543 g/mol. The lowest BCUT2D eigenvalue weighted by molar-refractivity contribution is -0.0522. The van der Waals surface area contributed by atoms with Crippen LogP contribution in [0.4, 0.5) is 18.0 Å². The van der Waals surface area contributed by atoms with E-state index in [1.54, 1.807) is 6.08 Å². The number of piperidine rings is 1. The molecule has 3 aliphatic rings. The van der Waals surface area contributed by atoms with Gasteiger partial charge in [0.15, 0.2) is 0 Å². The van der Waals surface area contributed by atoms with Crippen LogP contribution in [0, 0.1) is 5.41 Å². The third-order valence-electron chi connectivity index (χ3n) is 6.86. The number of amides is 1. The molecule has 12 heteroatoms. The number of hydrogen-bond acceptors (Lipinski definition) is 7. The van der Waals surface area contributed by atoms with Gasteiger partial charge in [-0.05, 0) is 48.8 Å². The van der Waals surface area contributed by atoms with E-state index in [-0.39, 0.29) is 31.0 Å². The minimum absolute atomic E-state index is 0.120. The molecule has 2 aliphatic carbocycles. The predicted molar refractivity (Wildman–Crippen MR) is 126 cm³/mol. The first-order valence-electron chi connectivity index (χ1n) is 11.7. The lowest BCUT2D eigenvalue weighted by atomic mass is 9.67. The van der Waals surface area contributed by atoms with Gasteiger partial charge in [-0.3, -0.25) is 0 Å². The molecule has 1 fully saturated rings. The fourth-order valence-corrected chi connectivity index (χ4v) is 5.39. The third-order valence-corrected chi connectivity index (χ3v) is 7.83. The van der Waals surface area contributed by atoms with Crippen molar-refractivity contribution in [3.63, 3.8) is 0 Å². The molecule has 8 nitrogen and oxygen atoms in total. The number of likely N-dealkylation sites (tertiary alicyclic amines) is 1. The Balaban J connectivity index is 1.55. The second-order valence-electron chi connectivity index (χ2n) is 9.25. The van der Waals surface area contributed by atoms with Crippen LogP contribution in [0.1, 0.15) is 31.2 Å². The molecule has 1 aliphatic heterocycles. The number of allylic oxidation sites excluding steroid dienone is 1. The first-order valence-corrected chi connectivity index (χ1v) is 13.1. The maximum Gasteiger partial charge on any atom is 0.534 e. The Labute approximate surface area is 213 Å². The fraction of sp³-hybridized carbons (Fsp3) is 0.480. The van der Waals surface area contributed by atoms with Gasteiger partial charge >= 0.3 is 21.7 Å². The zero-order valence-electron chi connectivity index (χ0n) is 20.4. The number of alkyl halides is 3. The second kappa shape index (κ2) is 10.4. The van der Waals surface area contributed by atoms with E-state index < -0.39 is 39.0 Å². The summed E-state index contributed by atoms with van der Waals surface area (Å²) in [6.07, 6.45) is 3.69. The summed E-state index contributed by atoms with van der Waals surface area (Å²) in [7, 11) is -3.07. The van der Waals surface area contributed by atoms with E-state index >= 15 is 0 Å². The van der Waals surface area contributed by atoms with E-state index in [4.69, 9.17) is 14.2 Å². The molecular weight excluding hydrogens is 515 g/mol. The van der Waals surface area contributed by atoms with E-state index in [0.29, 0.717) is 31.3 Å². The number of rotatable bonds is 6. The molecule has 37 heavy (non-hydrogen) atoms. The first-order chi connectivity index (χ1) is 17.5. The van der Waals surface area contributed by atoms with Gasteiger partial charge in [-0.15, -0.1) is 0 Å². The molecule has 0 saturated carbocycles. The number of carbonyl (C=O) groups excluding carboxylic acids is 1. The summed E-state index contributed by atoms with van der Waals surface area (Å²) in [5.41, 5.74) is -4.58. The molecule has 1 atom stereocenters. The molecule has 0 aromatic heterocycles. The van der Waals surface area contributed by atoms with Crippen LogP contribution in [-0.4, -0.2) is 58.3 Å².